The molecule has 1 aliphatic heterocycles. The van der Waals surface area contributed by atoms with Gasteiger partial charge in [-0.15, -0.1) is 12.4 Å². The molecule has 0 spiro atoms. The van der Waals surface area contributed by atoms with Crippen LogP contribution < -0.4 is 10.6 Å². The molecule has 2 aromatic heterocycles. The molecule has 0 saturated carbocycles. The quantitative estimate of drug-likeness (QED) is 0.657. The summed E-state index contributed by atoms with van der Waals surface area (Å²) in [6.07, 6.45) is 5.82. The van der Waals surface area contributed by atoms with Crippen molar-refractivity contribution in [3.8, 4) is 11.3 Å². The van der Waals surface area contributed by atoms with Gasteiger partial charge >= 0.3 is 0 Å². The maximum Gasteiger partial charge on any atom is 0.276 e. The molecule has 3 aromatic rings. The van der Waals surface area contributed by atoms with Crippen LogP contribution in [0.5, 0.6) is 0 Å². The standard InChI is InChI=1S/C18H20N6O.ClH/c25-18(17-8-11-24(23-17)15-2-1-9-19-12-15)21-14-5-3-13(4-6-14)16-7-10-20-22-16;/h3-8,10-11,15,19H,1-2,9,12H2,(H,20,22)(H,21,25);1H. The lowest BCUT2D eigenvalue weighted by atomic mass is 10.1. The Balaban J connectivity index is 0.00000196. The predicted octanol–water partition coefficient (Wildman–Crippen LogP) is 2.87. The highest BCUT2D eigenvalue weighted by molar-refractivity contribution is 6.02. The van der Waals surface area contributed by atoms with Crippen molar-refractivity contribution < 1.29 is 4.79 Å². The van der Waals surface area contributed by atoms with Gasteiger partial charge in [-0.1, -0.05) is 12.1 Å². The lowest BCUT2D eigenvalue weighted by Gasteiger charge is -2.22. The first-order chi connectivity index (χ1) is 12.3. The molecule has 0 aliphatic carbocycles. The van der Waals surface area contributed by atoms with E-state index < -0.39 is 0 Å². The second-order valence-electron chi connectivity index (χ2n) is 6.18. The van der Waals surface area contributed by atoms with E-state index in [0.29, 0.717) is 11.7 Å². The number of H-pyrrole nitrogens is 1. The van der Waals surface area contributed by atoms with E-state index >= 15 is 0 Å². The highest BCUT2D eigenvalue weighted by Crippen LogP contribution is 2.20. The third-order valence-electron chi connectivity index (χ3n) is 4.44. The number of aromatic amines is 1. The Bertz CT molecular complexity index is 837. The summed E-state index contributed by atoms with van der Waals surface area (Å²) in [4.78, 5) is 12.4. The molecule has 1 atom stereocenters. The van der Waals surface area contributed by atoms with Gasteiger partial charge in [0.1, 0.15) is 0 Å². The molecule has 1 saturated heterocycles. The van der Waals surface area contributed by atoms with Crippen LogP contribution in [0.2, 0.25) is 0 Å². The van der Waals surface area contributed by atoms with Crippen LogP contribution >= 0.6 is 12.4 Å². The largest absolute Gasteiger partial charge is 0.321 e. The summed E-state index contributed by atoms with van der Waals surface area (Å²) in [5.41, 5.74) is 3.13. The third kappa shape index (κ3) is 3.95. The van der Waals surface area contributed by atoms with E-state index in [1.807, 2.05) is 41.2 Å². The van der Waals surface area contributed by atoms with Gasteiger partial charge in [0, 0.05) is 24.6 Å². The number of carbonyl (C=O) groups excluding carboxylic acids is 1. The van der Waals surface area contributed by atoms with E-state index in [4.69, 9.17) is 0 Å². The van der Waals surface area contributed by atoms with E-state index in [1.54, 1.807) is 12.3 Å². The number of amides is 1. The highest BCUT2D eigenvalue weighted by Gasteiger charge is 2.17. The minimum atomic E-state index is -0.197. The molecular formula is C18H21ClN6O. The van der Waals surface area contributed by atoms with Crippen LogP contribution in [0.15, 0.2) is 48.8 Å². The Morgan fingerprint density at radius 2 is 2.04 bits per heavy atom. The zero-order valence-corrected chi connectivity index (χ0v) is 15.0. The van der Waals surface area contributed by atoms with Crippen molar-refractivity contribution in [3.05, 3.63) is 54.5 Å². The smallest absolute Gasteiger partial charge is 0.276 e. The number of nitrogens with one attached hydrogen (secondary N) is 3. The number of anilines is 1. The van der Waals surface area contributed by atoms with Gasteiger partial charge in [-0.25, -0.2) is 0 Å². The summed E-state index contributed by atoms with van der Waals surface area (Å²) >= 11 is 0. The second kappa shape index (κ2) is 8.16. The minimum Gasteiger partial charge on any atom is -0.321 e. The molecule has 3 heterocycles. The van der Waals surface area contributed by atoms with E-state index in [9.17, 15) is 4.79 Å². The first-order valence-electron chi connectivity index (χ1n) is 8.46. The Labute approximate surface area is 157 Å². The second-order valence-corrected chi connectivity index (χ2v) is 6.18. The lowest BCUT2D eigenvalue weighted by molar-refractivity contribution is 0.102. The number of halogens is 1. The average Bonchev–Trinajstić information content (AvgIpc) is 3.35. The summed E-state index contributed by atoms with van der Waals surface area (Å²) in [6.45, 7) is 1.96. The molecular weight excluding hydrogens is 352 g/mol. The van der Waals surface area contributed by atoms with Crippen molar-refractivity contribution in [1.82, 2.24) is 25.3 Å². The summed E-state index contributed by atoms with van der Waals surface area (Å²) in [5.74, 6) is -0.197. The topological polar surface area (TPSA) is 87.6 Å². The van der Waals surface area contributed by atoms with Crippen LogP contribution in [0.1, 0.15) is 29.4 Å². The van der Waals surface area contributed by atoms with Crippen molar-refractivity contribution >= 4 is 24.0 Å². The van der Waals surface area contributed by atoms with Crippen molar-refractivity contribution in [2.75, 3.05) is 18.4 Å². The van der Waals surface area contributed by atoms with Gasteiger partial charge in [0.25, 0.3) is 5.91 Å². The number of aromatic nitrogens is 4. The Kier molecular flexibility index (Phi) is 5.70. The van der Waals surface area contributed by atoms with Gasteiger partial charge in [-0.05, 0) is 49.2 Å². The van der Waals surface area contributed by atoms with Crippen molar-refractivity contribution in [1.29, 1.82) is 0 Å². The van der Waals surface area contributed by atoms with Crippen LogP contribution in [-0.4, -0.2) is 39.0 Å². The van der Waals surface area contributed by atoms with E-state index in [-0.39, 0.29) is 18.3 Å². The Morgan fingerprint density at radius 1 is 1.19 bits per heavy atom. The number of benzene rings is 1. The Hall–Kier alpha value is -2.64. The number of nitrogens with zero attached hydrogens (tertiary/aromatic N) is 3. The molecule has 7 nitrogen and oxygen atoms in total. The summed E-state index contributed by atoms with van der Waals surface area (Å²) < 4.78 is 1.89. The van der Waals surface area contributed by atoms with Gasteiger partial charge in [0.05, 0.1) is 11.7 Å². The molecule has 1 aliphatic rings. The Morgan fingerprint density at radius 3 is 2.73 bits per heavy atom. The summed E-state index contributed by atoms with van der Waals surface area (Å²) in [5, 5.41) is 17.5. The van der Waals surface area contributed by atoms with Gasteiger partial charge < -0.3 is 10.6 Å². The van der Waals surface area contributed by atoms with E-state index in [2.05, 4.69) is 25.9 Å². The molecule has 8 heteroatoms. The van der Waals surface area contributed by atoms with Gasteiger partial charge in [-0.2, -0.15) is 10.2 Å². The lowest BCUT2D eigenvalue weighted by Crippen LogP contribution is -2.32. The van der Waals surface area contributed by atoms with Crippen LogP contribution in [-0.2, 0) is 0 Å². The van der Waals surface area contributed by atoms with Gasteiger partial charge in [-0.3, -0.25) is 14.6 Å². The van der Waals surface area contributed by atoms with Gasteiger partial charge in [0.2, 0.25) is 0 Å². The zero-order chi connectivity index (χ0) is 17.1. The molecule has 1 unspecified atom stereocenters. The zero-order valence-electron chi connectivity index (χ0n) is 14.2. The maximum atomic E-state index is 12.4. The van der Waals surface area contributed by atoms with Crippen LogP contribution in [0, 0.1) is 0 Å². The van der Waals surface area contributed by atoms with Crippen LogP contribution in [0.3, 0.4) is 0 Å². The van der Waals surface area contributed by atoms with Crippen molar-refractivity contribution in [2.45, 2.75) is 18.9 Å². The molecule has 136 valence electrons. The first kappa shape index (κ1) is 18.2. The molecule has 1 fully saturated rings. The molecule has 1 aromatic carbocycles. The fraction of sp³-hybridized carbons (Fsp3) is 0.278. The number of hydrogen-bond donors (Lipinski definition) is 3. The monoisotopic (exact) mass is 372 g/mol. The highest BCUT2D eigenvalue weighted by atomic mass is 35.5. The number of hydrogen-bond acceptors (Lipinski definition) is 4. The molecule has 4 rings (SSSR count). The number of rotatable bonds is 4. The maximum absolute atomic E-state index is 12.4. The van der Waals surface area contributed by atoms with Crippen LogP contribution in [0.4, 0.5) is 5.69 Å². The van der Waals surface area contributed by atoms with Crippen molar-refractivity contribution in [3.63, 3.8) is 0 Å². The van der Waals surface area contributed by atoms with Crippen LogP contribution in [0.25, 0.3) is 11.3 Å². The third-order valence-corrected chi connectivity index (χ3v) is 4.44. The normalized spacial score (nSPS) is 16.7. The van der Waals surface area contributed by atoms with Gasteiger partial charge in [0.15, 0.2) is 5.69 Å². The van der Waals surface area contributed by atoms with E-state index in [1.165, 1.54) is 0 Å². The molecule has 3 N–H and O–H groups in total. The molecule has 0 bridgehead atoms. The summed E-state index contributed by atoms with van der Waals surface area (Å²) in [7, 11) is 0. The van der Waals surface area contributed by atoms with Crippen molar-refractivity contribution in [2.24, 2.45) is 0 Å². The molecule has 26 heavy (non-hydrogen) atoms. The average molecular weight is 373 g/mol. The van der Waals surface area contributed by atoms with E-state index in [0.717, 1.165) is 42.9 Å². The fourth-order valence-electron chi connectivity index (χ4n) is 3.07. The predicted molar refractivity (Wildman–Crippen MR) is 103 cm³/mol. The first-order valence-corrected chi connectivity index (χ1v) is 8.46. The summed E-state index contributed by atoms with van der Waals surface area (Å²) in [6, 6.07) is 11.6. The SMILES string of the molecule is Cl.O=C(Nc1ccc(-c2ccn[nH]2)cc1)c1ccn(C2CCCNC2)n1. The fourth-order valence-corrected chi connectivity index (χ4v) is 3.07. The molecule has 0 radical (unpaired) electrons. The molecule has 1 amide bonds. The number of piperidine rings is 1. The minimum absolute atomic E-state index is 0. The number of carbonyl (C=O) groups is 1.